The van der Waals surface area contributed by atoms with Gasteiger partial charge < -0.3 is 10.1 Å². The smallest absolute Gasteiger partial charge is 0.230 e. The first-order valence-electron chi connectivity index (χ1n) is 10.1. The minimum absolute atomic E-state index is 0.0894. The Kier molecular flexibility index (Phi) is 5.83. The molecule has 4 rings (SSSR count). The van der Waals surface area contributed by atoms with Crippen LogP contribution in [-0.2, 0) is 21.5 Å². The molecule has 1 amide bonds. The van der Waals surface area contributed by atoms with Gasteiger partial charge in [0.25, 0.3) is 0 Å². The van der Waals surface area contributed by atoms with Gasteiger partial charge >= 0.3 is 0 Å². The minimum Gasteiger partial charge on any atom is -0.381 e. The quantitative estimate of drug-likeness (QED) is 0.667. The van der Waals surface area contributed by atoms with Crippen LogP contribution in [0.3, 0.4) is 0 Å². The monoisotopic (exact) mass is 409 g/mol. The van der Waals surface area contributed by atoms with Gasteiger partial charge in [-0.1, -0.05) is 30.3 Å². The molecule has 1 aliphatic rings. The maximum Gasteiger partial charge on any atom is 0.230 e. The number of thiophene rings is 1. The summed E-state index contributed by atoms with van der Waals surface area (Å²) in [7, 11) is 0. The fraction of sp³-hybridized carbons (Fsp3) is 0.391. The Balaban J connectivity index is 1.46. The van der Waals surface area contributed by atoms with Crippen molar-refractivity contribution < 1.29 is 9.53 Å². The lowest BCUT2D eigenvalue weighted by atomic mass is 9.73. The van der Waals surface area contributed by atoms with E-state index in [0.29, 0.717) is 39.1 Å². The van der Waals surface area contributed by atoms with E-state index in [1.165, 1.54) is 11.1 Å². The number of carbonyl (C=O) groups is 1. The Labute approximate surface area is 175 Å². The molecule has 2 aromatic heterocycles. The van der Waals surface area contributed by atoms with Crippen molar-refractivity contribution in [1.29, 1.82) is 0 Å². The maximum absolute atomic E-state index is 13.3. The lowest BCUT2D eigenvalue weighted by Gasteiger charge is -2.36. The lowest BCUT2D eigenvalue weighted by molar-refractivity contribution is -0.130. The summed E-state index contributed by atoms with van der Waals surface area (Å²) in [6, 6.07) is 12.2. The van der Waals surface area contributed by atoms with Gasteiger partial charge in [0.2, 0.25) is 5.91 Å². The number of nitrogens with one attached hydrogen (secondary N) is 1. The fourth-order valence-electron chi connectivity index (χ4n) is 4.31. The second-order valence-electron chi connectivity index (χ2n) is 7.60. The molecule has 0 atom stereocenters. The zero-order chi connectivity index (χ0) is 20.3. The number of nitrogens with zero attached hydrogens (tertiary/aromatic N) is 2. The van der Waals surface area contributed by atoms with E-state index < -0.39 is 5.41 Å². The molecule has 1 aromatic carbocycles. The summed E-state index contributed by atoms with van der Waals surface area (Å²) in [5, 5.41) is 12.1. The first-order valence-corrected chi connectivity index (χ1v) is 11.0. The lowest BCUT2D eigenvalue weighted by Crippen LogP contribution is -2.48. The molecule has 5 nitrogen and oxygen atoms in total. The summed E-state index contributed by atoms with van der Waals surface area (Å²) >= 11 is 1.69. The number of amides is 1. The maximum atomic E-state index is 13.3. The summed E-state index contributed by atoms with van der Waals surface area (Å²) < 4.78 is 7.55. The molecule has 0 spiro atoms. The molecule has 29 heavy (non-hydrogen) atoms. The van der Waals surface area contributed by atoms with E-state index in [-0.39, 0.29) is 5.91 Å². The molecule has 0 unspecified atom stereocenters. The van der Waals surface area contributed by atoms with Crippen molar-refractivity contribution in [2.24, 2.45) is 0 Å². The SMILES string of the molecule is Cc1nn(CCNC(=O)C2(c3ccccc3)CCOCC2)c(C)c1-c1ccsc1. The topological polar surface area (TPSA) is 56.2 Å². The highest BCUT2D eigenvalue weighted by Crippen LogP contribution is 2.35. The number of ether oxygens (including phenoxy) is 1. The van der Waals surface area contributed by atoms with Gasteiger partial charge in [-0.15, -0.1) is 0 Å². The van der Waals surface area contributed by atoms with Crippen LogP contribution in [0.5, 0.6) is 0 Å². The molecule has 1 saturated heterocycles. The van der Waals surface area contributed by atoms with Gasteiger partial charge in [0.15, 0.2) is 0 Å². The highest BCUT2D eigenvalue weighted by atomic mass is 32.1. The molecule has 0 bridgehead atoms. The molecule has 0 saturated carbocycles. The average Bonchev–Trinajstić information content (AvgIpc) is 3.37. The van der Waals surface area contributed by atoms with Crippen molar-refractivity contribution in [2.75, 3.05) is 19.8 Å². The zero-order valence-corrected chi connectivity index (χ0v) is 17.8. The van der Waals surface area contributed by atoms with E-state index in [4.69, 9.17) is 9.84 Å². The number of rotatable bonds is 6. The highest BCUT2D eigenvalue weighted by molar-refractivity contribution is 7.08. The Morgan fingerprint density at radius 3 is 2.66 bits per heavy atom. The molecule has 1 N–H and O–H groups in total. The van der Waals surface area contributed by atoms with Crippen LogP contribution in [0.15, 0.2) is 47.2 Å². The van der Waals surface area contributed by atoms with E-state index in [2.05, 4.69) is 41.2 Å². The van der Waals surface area contributed by atoms with Crippen LogP contribution >= 0.6 is 11.3 Å². The van der Waals surface area contributed by atoms with Crippen LogP contribution < -0.4 is 5.32 Å². The van der Waals surface area contributed by atoms with Gasteiger partial charge in [-0.2, -0.15) is 16.4 Å². The highest BCUT2D eigenvalue weighted by Gasteiger charge is 2.41. The number of hydrogen-bond acceptors (Lipinski definition) is 4. The van der Waals surface area contributed by atoms with Crippen LogP contribution in [0, 0.1) is 13.8 Å². The number of aromatic nitrogens is 2. The fourth-order valence-corrected chi connectivity index (χ4v) is 4.95. The first kappa shape index (κ1) is 19.9. The normalized spacial score (nSPS) is 15.9. The number of hydrogen-bond donors (Lipinski definition) is 1. The van der Waals surface area contributed by atoms with Gasteiger partial charge in [-0.3, -0.25) is 9.48 Å². The van der Waals surface area contributed by atoms with E-state index in [0.717, 1.165) is 17.0 Å². The summed E-state index contributed by atoms with van der Waals surface area (Å²) in [5.74, 6) is 0.0894. The molecule has 3 aromatic rings. The van der Waals surface area contributed by atoms with Gasteiger partial charge in [-0.05, 0) is 54.6 Å². The van der Waals surface area contributed by atoms with E-state index in [9.17, 15) is 4.79 Å². The number of carbonyl (C=O) groups excluding carboxylic acids is 1. The predicted molar refractivity (Wildman–Crippen MR) is 116 cm³/mol. The van der Waals surface area contributed by atoms with Gasteiger partial charge in [0.1, 0.15) is 0 Å². The van der Waals surface area contributed by atoms with Gasteiger partial charge in [-0.25, -0.2) is 0 Å². The first-order chi connectivity index (χ1) is 14.1. The van der Waals surface area contributed by atoms with Crippen LogP contribution in [0.2, 0.25) is 0 Å². The van der Waals surface area contributed by atoms with E-state index in [1.54, 1.807) is 11.3 Å². The van der Waals surface area contributed by atoms with Gasteiger partial charge in [0, 0.05) is 31.0 Å². The Morgan fingerprint density at radius 2 is 1.97 bits per heavy atom. The summed E-state index contributed by atoms with van der Waals surface area (Å²) in [4.78, 5) is 13.3. The molecule has 152 valence electrons. The second kappa shape index (κ2) is 8.51. The second-order valence-corrected chi connectivity index (χ2v) is 8.38. The van der Waals surface area contributed by atoms with Crippen LogP contribution in [0.1, 0.15) is 29.8 Å². The average molecular weight is 410 g/mol. The van der Waals surface area contributed by atoms with Crippen LogP contribution in [0.4, 0.5) is 0 Å². The van der Waals surface area contributed by atoms with Crippen LogP contribution in [-0.4, -0.2) is 35.4 Å². The predicted octanol–water partition coefficient (Wildman–Crippen LogP) is 4.09. The zero-order valence-electron chi connectivity index (χ0n) is 17.0. The van der Waals surface area contributed by atoms with Crippen molar-refractivity contribution in [3.63, 3.8) is 0 Å². The summed E-state index contributed by atoms with van der Waals surface area (Å²) in [6.45, 7) is 6.58. The van der Waals surface area contributed by atoms with Crippen molar-refractivity contribution in [2.45, 2.75) is 38.6 Å². The third-order valence-electron chi connectivity index (χ3n) is 5.91. The van der Waals surface area contributed by atoms with Crippen molar-refractivity contribution >= 4 is 17.2 Å². The molecule has 0 radical (unpaired) electrons. The van der Waals surface area contributed by atoms with Crippen LogP contribution in [0.25, 0.3) is 11.1 Å². The summed E-state index contributed by atoms with van der Waals surface area (Å²) in [5.41, 5.74) is 5.15. The third-order valence-corrected chi connectivity index (χ3v) is 6.59. The van der Waals surface area contributed by atoms with E-state index in [1.807, 2.05) is 29.8 Å². The molecule has 6 heteroatoms. The Morgan fingerprint density at radius 1 is 1.21 bits per heavy atom. The molecular weight excluding hydrogens is 382 g/mol. The molecule has 1 fully saturated rings. The number of benzene rings is 1. The Bertz CT molecular complexity index is 958. The minimum atomic E-state index is -0.504. The Hall–Kier alpha value is -2.44. The van der Waals surface area contributed by atoms with Crippen molar-refractivity contribution in [3.8, 4) is 11.1 Å². The number of aryl methyl sites for hydroxylation is 1. The standard InChI is InChI=1S/C23H27N3O2S/c1-17-21(19-8-15-29-16-19)18(2)26(25-17)12-11-24-22(27)23(9-13-28-14-10-23)20-6-4-3-5-7-20/h3-8,15-16H,9-14H2,1-2H3,(H,24,27). The summed E-state index contributed by atoms with van der Waals surface area (Å²) in [6.07, 6.45) is 1.43. The largest absolute Gasteiger partial charge is 0.381 e. The molecule has 1 aliphatic heterocycles. The molecule has 0 aliphatic carbocycles. The molecular formula is C23H27N3O2S. The van der Waals surface area contributed by atoms with Crippen molar-refractivity contribution in [1.82, 2.24) is 15.1 Å². The molecule has 3 heterocycles. The van der Waals surface area contributed by atoms with Crippen molar-refractivity contribution in [3.05, 3.63) is 64.1 Å². The van der Waals surface area contributed by atoms with E-state index >= 15 is 0 Å². The van der Waals surface area contributed by atoms with Gasteiger partial charge in [0.05, 0.1) is 17.7 Å². The third kappa shape index (κ3) is 3.87.